The maximum absolute atomic E-state index is 12.0. The van der Waals surface area contributed by atoms with Gasteiger partial charge in [0.15, 0.2) is 0 Å². The van der Waals surface area contributed by atoms with Crippen molar-refractivity contribution in [2.45, 2.75) is 70.9 Å². The van der Waals surface area contributed by atoms with Crippen LogP contribution in [0.3, 0.4) is 0 Å². The molecule has 0 aromatic heterocycles. The highest BCUT2D eigenvalue weighted by atomic mass is 16.6. The fourth-order valence-electron chi connectivity index (χ4n) is 3.18. The van der Waals surface area contributed by atoms with Crippen LogP contribution in [0.4, 0.5) is 10.5 Å². The van der Waals surface area contributed by atoms with E-state index >= 15 is 0 Å². The molecular weight excluding hydrogens is 276 g/mol. The van der Waals surface area contributed by atoms with Gasteiger partial charge in [0, 0.05) is 11.2 Å². The quantitative estimate of drug-likeness (QED) is 0.847. The topological polar surface area (TPSA) is 64.3 Å². The Balaban J connectivity index is 2.21. The second-order valence-electron chi connectivity index (χ2n) is 7.32. The van der Waals surface area contributed by atoms with Crippen LogP contribution in [-0.2, 0) is 10.3 Å². The highest BCUT2D eigenvalue weighted by Crippen LogP contribution is 2.38. The van der Waals surface area contributed by atoms with Gasteiger partial charge in [-0.25, -0.2) is 4.79 Å². The minimum Gasteiger partial charge on any atom is -0.444 e. The SMILES string of the molecule is Cc1c(NC(=O)OC(C)(C)C)cccc1C1(N)CCCCC1. The van der Waals surface area contributed by atoms with Crippen LogP contribution in [0.1, 0.15) is 64.0 Å². The molecule has 1 saturated carbocycles. The van der Waals surface area contributed by atoms with Crippen LogP contribution >= 0.6 is 0 Å². The van der Waals surface area contributed by atoms with Gasteiger partial charge in [-0.15, -0.1) is 0 Å². The predicted octanol–water partition coefficient (Wildman–Crippen LogP) is 4.46. The Morgan fingerprint density at radius 1 is 1.23 bits per heavy atom. The first kappa shape index (κ1) is 16.8. The van der Waals surface area contributed by atoms with Gasteiger partial charge in [-0.1, -0.05) is 31.4 Å². The molecule has 1 fully saturated rings. The summed E-state index contributed by atoms with van der Waals surface area (Å²) in [6.07, 6.45) is 5.17. The van der Waals surface area contributed by atoms with E-state index in [1.54, 1.807) is 0 Å². The summed E-state index contributed by atoms with van der Waals surface area (Å²) in [7, 11) is 0. The van der Waals surface area contributed by atoms with E-state index in [0.717, 1.165) is 29.7 Å². The van der Waals surface area contributed by atoms with Crippen molar-refractivity contribution in [3.05, 3.63) is 29.3 Å². The van der Waals surface area contributed by atoms with Crippen molar-refractivity contribution in [2.75, 3.05) is 5.32 Å². The molecule has 122 valence electrons. The zero-order valence-electron chi connectivity index (χ0n) is 14.2. The van der Waals surface area contributed by atoms with Gasteiger partial charge in [0.25, 0.3) is 0 Å². The zero-order valence-corrected chi connectivity index (χ0v) is 14.2. The molecule has 22 heavy (non-hydrogen) atoms. The van der Waals surface area contributed by atoms with Crippen LogP contribution < -0.4 is 11.1 Å². The van der Waals surface area contributed by atoms with Crippen molar-refractivity contribution in [3.8, 4) is 0 Å². The molecule has 0 aliphatic heterocycles. The normalized spacial score (nSPS) is 17.9. The molecule has 4 nitrogen and oxygen atoms in total. The molecule has 0 spiro atoms. The summed E-state index contributed by atoms with van der Waals surface area (Å²) in [5.74, 6) is 0. The number of carbonyl (C=O) groups is 1. The largest absolute Gasteiger partial charge is 0.444 e. The standard InChI is InChI=1S/C18H28N2O2/c1-13-14(18(19)11-6-5-7-12-18)9-8-10-15(13)20-16(21)22-17(2,3)4/h8-10H,5-7,11-12,19H2,1-4H3,(H,20,21). The van der Waals surface area contributed by atoms with Crippen LogP contribution in [0.15, 0.2) is 18.2 Å². The van der Waals surface area contributed by atoms with Gasteiger partial charge in [0.2, 0.25) is 0 Å². The van der Waals surface area contributed by atoms with E-state index in [4.69, 9.17) is 10.5 Å². The van der Waals surface area contributed by atoms with E-state index in [1.165, 1.54) is 19.3 Å². The number of hydrogen-bond donors (Lipinski definition) is 2. The Labute approximate surface area is 133 Å². The fraction of sp³-hybridized carbons (Fsp3) is 0.611. The van der Waals surface area contributed by atoms with Crippen molar-refractivity contribution < 1.29 is 9.53 Å². The number of carbonyl (C=O) groups excluding carboxylic acids is 1. The number of rotatable bonds is 2. The first-order valence-electron chi connectivity index (χ1n) is 8.10. The highest BCUT2D eigenvalue weighted by Gasteiger charge is 2.31. The molecule has 0 heterocycles. The number of nitrogens with one attached hydrogen (secondary N) is 1. The molecule has 1 aliphatic rings. The predicted molar refractivity (Wildman–Crippen MR) is 90.0 cm³/mol. The monoisotopic (exact) mass is 304 g/mol. The minimum absolute atomic E-state index is 0.270. The van der Waals surface area contributed by atoms with Crippen molar-refractivity contribution in [1.82, 2.24) is 0 Å². The van der Waals surface area contributed by atoms with E-state index in [2.05, 4.69) is 11.4 Å². The molecule has 4 heteroatoms. The van der Waals surface area contributed by atoms with E-state index in [-0.39, 0.29) is 5.54 Å². The van der Waals surface area contributed by atoms with Gasteiger partial charge in [-0.2, -0.15) is 0 Å². The van der Waals surface area contributed by atoms with Gasteiger partial charge in [0.05, 0.1) is 0 Å². The molecule has 1 aliphatic carbocycles. The van der Waals surface area contributed by atoms with Gasteiger partial charge < -0.3 is 10.5 Å². The lowest BCUT2D eigenvalue weighted by atomic mass is 9.76. The Morgan fingerprint density at radius 2 is 1.86 bits per heavy atom. The van der Waals surface area contributed by atoms with E-state index < -0.39 is 11.7 Å². The van der Waals surface area contributed by atoms with Crippen molar-refractivity contribution in [3.63, 3.8) is 0 Å². The number of amides is 1. The van der Waals surface area contributed by atoms with Crippen LogP contribution in [0.25, 0.3) is 0 Å². The molecule has 1 aromatic carbocycles. The van der Waals surface area contributed by atoms with Crippen molar-refractivity contribution in [2.24, 2.45) is 5.73 Å². The lowest BCUT2D eigenvalue weighted by Gasteiger charge is -2.35. The van der Waals surface area contributed by atoms with Crippen LogP contribution in [-0.4, -0.2) is 11.7 Å². The average Bonchev–Trinajstić information content (AvgIpc) is 2.39. The van der Waals surface area contributed by atoms with Gasteiger partial charge in [-0.3, -0.25) is 5.32 Å². The summed E-state index contributed by atoms with van der Waals surface area (Å²) < 4.78 is 5.33. The van der Waals surface area contributed by atoms with Crippen molar-refractivity contribution in [1.29, 1.82) is 0 Å². The first-order chi connectivity index (χ1) is 10.2. The number of ether oxygens (including phenoxy) is 1. The Morgan fingerprint density at radius 3 is 2.45 bits per heavy atom. The Hall–Kier alpha value is -1.55. The fourth-order valence-corrected chi connectivity index (χ4v) is 3.18. The molecular formula is C18H28N2O2. The zero-order chi connectivity index (χ0) is 16.4. The van der Waals surface area contributed by atoms with Gasteiger partial charge >= 0.3 is 6.09 Å². The van der Waals surface area contributed by atoms with Crippen LogP contribution in [0.2, 0.25) is 0 Å². The van der Waals surface area contributed by atoms with Crippen LogP contribution in [0, 0.1) is 6.92 Å². The Kier molecular flexibility index (Phi) is 4.81. The van der Waals surface area contributed by atoms with Gasteiger partial charge in [-0.05, 0) is 57.7 Å². The molecule has 0 atom stereocenters. The molecule has 0 radical (unpaired) electrons. The first-order valence-corrected chi connectivity index (χ1v) is 8.10. The molecule has 2 rings (SSSR count). The lowest BCUT2D eigenvalue weighted by molar-refractivity contribution is 0.0635. The van der Waals surface area contributed by atoms with Gasteiger partial charge in [0.1, 0.15) is 5.60 Å². The van der Waals surface area contributed by atoms with E-state index in [9.17, 15) is 4.79 Å². The lowest BCUT2D eigenvalue weighted by Crippen LogP contribution is -2.39. The van der Waals surface area contributed by atoms with E-state index in [1.807, 2.05) is 39.8 Å². The second kappa shape index (κ2) is 6.29. The average molecular weight is 304 g/mol. The highest BCUT2D eigenvalue weighted by molar-refractivity contribution is 5.86. The summed E-state index contributed by atoms with van der Waals surface area (Å²) in [4.78, 5) is 12.0. The molecule has 1 aromatic rings. The maximum atomic E-state index is 12.0. The molecule has 1 amide bonds. The molecule has 0 bridgehead atoms. The third kappa shape index (κ3) is 4.01. The third-order valence-corrected chi connectivity index (χ3v) is 4.25. The summed E-state index contributed by atoms with van der Waals surface area (Å²) in [5.41, 5.74) is 8.82. The smallest absolute Gasteiger partial charge is 0.412 e. The van der Waals surface area contributed by atoms with E-state index in [0.29, 0.717) is 0 Å². The molecule has 0 saturated heterocycles. The number of nitrogens with two attached hydrogens (primary N) is 1. The minimum atomic E-state index is -0.506. The summed E-state index contributed by atoms with van der Waals surface area (Å²) in [6, 6.07) is 5.94. The summed E-state index contributed by atoms with van der Waals surface area (Å²) in [6.45, 7) is 7.58. The third-order valence-electron chi connectivity index (χ3n) is 4.25. The number of benzene rings is 1. The summed E-state index contributed by atoms with van der Waals surface area (Å²) in [5, 5.41) is 2.85. The number of hydrogen-bond acceptors (Lipinski definition) is 3. The Bertz CT molecular complexity index is 541. The molecule has 0 unspecified atom stereocenters. The molecule has 3 N–H and O–H groups in total. The van der Waals surface area contributed by atoms with Crippen molar-refractivity contribution >= 4 is 11.8 Å². The maximum Gasteiger partial charge on any atom is 0.412 e. The summed E-state index contributed by atoms with van der Waals surface area (Å²) >= 11 is 0. The second-order valence-corrected chi connectivity index (χ2v) is 7.32. The van der Waals surface area contributed by atoms with Crippen LogP contribution in [0.5, 0.6) is 0 Å². The number of anilines is 1.